The first-order chi connectivity index (χ1) is 25.1. The second-order valence-electron chi connectivity index (χ2n) is 14.5. The Morgan fingerprint density at radius 2 is 1.52 bits per heavy atom. The first-order valence-electron chi connectivity index (χ1n) is 18.4. The topological polar surface area (TPSA) is 144 Å². The van der Waals surface area contributed by atoms with E-state index in [4.69, 9.17) is 25.3 Å². The number of rotatable bonds is 9. The summed E-state index contributed by atoms with van der Waals surface area (Å²) in [5, 5.41) is 13.2. The van der Waals surface area contributed by atoms with E-state index < -0.39 is 12.2 Å². The lowest BCUT2D eigenvalue weighted by Gasteiger charge is -2.41. The highest BCUT2D eigenvalue weighted by Gasteiger charge is 2.37. The van der Waals surface area contributed by atoms with Crippen molar-refractivity contribution in [2.75, 3.05) is 64.8 Å². The van der Waals surface area contributed by atoms with Crippen molar-refractivity contribution in [1.29, 1.82) is 0 Å². The minimum Gasteiger partial charge on any atom is -0.509 e. The SMILES string of the molecule is [B]c1cc(C[C@@H](OC(=O)N2CCC(N3CCc4ccccc4NC3=O)CC2)C(=O)N2CCC(C3CCN(CC(=O)NOC)CC3)CC2)cc([B])c1O. The van der Waals surface area contributed by atoms with E-state index in [1.54, 1.807) is 21.9 Å². The second kappa shape index (κ2) is 17.1. The number of likely N-dealkylation sites (tertiary alicyclic amines) is 3. The van der Waals surface area contributed by atoms with Crippen LogP contribution in [0.15, 0.2) is 36.4 Å². The highest BCUT2D eigenvalue weighted by atomic mass is 16.6. The van der Waals surface area contributed by atoms with Gasteiger partial charge in [-0.15, -0.1) is 0 Å². The number of nitrogens with one attached hydrogen (secondary N) is 2. The van der Waals surface area contributed by atoms with Crippen molar-refractivity contribution in [2.45, 2.75) is 63.5 Å². The predicted molar refractivity (Wildman–Crippen MR) is 197 cm³/mol. The number of aromatic hydroxyl groups is 1. The Labute approximate surface area is 308 Å². The van der Waals surface area contributed by atoms with E-state index >= 15 is 0 Å². The van der Waals surface area contributed by atoms with E-state index in [-0.39, 0.29) is 47.0 Å². The molecule has 3 fully saturated rings. The molecule has 15 heteroatoms. The Morgan fingerprint density at radius 3 is 2.17 bits per heavy atom. The fourth-order valence-corrected chi connectivity index (χ4v) is 8.28. The Morgan fingerprint density at radius 1 is 0.904 bits per heavy atom. The van der Waals surface area contributed by atoms with Crippen LogP contribution in [0.1, 0.15) is 49.7 Å². The summed E-state index contributed by atoms with van der Waals surface area (Å²) < 4.78 is 6.00. The maximum Gasteiger partial charge on any atom is 0.410 e. The third-order valence-corrected chi connectivity index (χ3v) is 11.2. The largest absolute Gasteiger partial charge is 0.509 e. The summed E-state index contributed by atoms with van der Waals surface area (Å²) >= 11 is 0. The van der Waals surface area contributed by atoms with Gasteiger partial charge in [-0.3, -0.25) is 19.3 Å². The van der Waals surface area contributed by atoms with Crippen molar-refractivity contribution in [3.8, 4) is 5.75 Å². The van der Waals surface area contributed by atoms with Crippen molar-refractivity contribution in [2.24, 2.45) is 11.8 Å². The fourth-order valence-electron chi connectivity index (χ4n) is 8.28. The number of fused-ring (bicyclic) bond motifs is 1. The van der Waals surface area contributed by atoms with E-state index in [0.29, 0.717) is 69.5 Å². The van der Waals surface area contributed by atoms with Crippen LogP contribution in [0.5, 0.6) is 5.75 Å². The van der Waals surface area contributed by atoms with Crippen LogP contribution < -0.4 is 21.7 Å². The maximum atomic E-state index is 14.1. The maximum absolute atomic E-state index is 14.1. The van der Waals surface area contributed by atoms with Crippen molar-refractivity contribution in [1.82, 2.24) is 25.1 Å². The number of ether oxygens (including phenoxy) is 1. The number of anilines is 1. The molecule has 0 bridgehead atoms. The first kappa shape index (κ1) is 37.5. The van der Waals surface area contributed by atoms with E-state index in [1.807, 2.05) is 29.2 Å². The van der Waals surface area contributed by atoms with Gasteiger partial charge in [-0.05, 0) is 87.1 Å². The average molecular weight is 710 g/mol. The van der Waals surface area contributed by atoms with Gasteiger partial charge in [-0.2, -0.15) is 0 Å². The van der Waals surface area contributed by atoms with Gasteiger partial charge < -0.3 is 29.9 Å². The minimum absolute atomic E-state index is 0.0255. The third-order valence-electron chi connectivity index (χ3n) is 11.2. The molecule has 3 saturated heterocycles. The monoisotopic (exact) mass is 710 g/mol. The molecule has 0 spiro atoms. The molecule has 4 radical (unpaired) electrons. The highest BCUT2D eigenvalue weighted by Crippen LogP contribution is 2.33. The summed E-state index contributed by atoms with van der Waals surface area (Å²) in [6, 6.07) is 10.8. The standard InChI is InChI=1S/C37H48B2N6O7/c1-51-41-33(46)23-42-13-6-25(7-14-42)26-8-15-43(16-9-26)35(48)32(22-24-20-29(38)34(47)30(39)21-24)52-37(50)44-17-11-28(12-18-44)45-19-10-27-4-2-3-5-31(27)40-36(45)49/h2-5,20-21,25-26,28,32,47H,6-19,22-23H2,1H3,(H,40,49)(H,41,46)/t32-/m1/s1. The Bertz CT molecular complexity index is 1580. The van der Waals surface area contributed by atoms with Gasteiger partial charge in [0.1, 0.15) is 21.4 Å². The van der Waals surface area contributed by atoms with Crippen molar-refractivity contribution >= 4 is 56.2 Å². The third kappa shape index (κ3) is 9.03. The number of hydrogen-bond acceptors (Lipinski definition) is 8. The molecule has 52 heavy (non-hydrogen) atoms. The smallest absolute Gasteiger partial charge is 0.410 e. The van der Waals surface area contributed by atoms with Crippen LogP contribution in [0, 0.1) is 11.8 Å². The number of benzene rings is 2. The molecule has 1 atom stereocenters. The highest BCUT2D eigenvalue weighted by molar-refractivity contribution is 6.41. The van der Waals surface area contributed by atoms with Crippen LogP contribution in [0.4, 0.5) is 15.3 Å². The van der Waals surface area contributed by atoms with Gasteiger partial charge in [0.15, 0.2) is 6.10 Å². The lowest BCUT2D eigenvalue weighted by atomic mass is 9.78. The Balaban J connectivity index is 1.05. The summed E-state index contributed by atoms with van der Waals surface area (Å²) in [7, 11) is 13.4. The molecule has 4 aliphatic rings. The molecule has 0 aromatic heterocycles. The molecule has 2 aromatic carbocycles. The quantitative estimate of drug-likeness (QED) is 0.261. The molecule has 0 aliphatic carbocycles. The predicted octanol–water partition coefficient (Wildman–Crippen LogP) is 1.21. The van der Waals surface area contributed by atoms with Crippen LogP contribution in [0.2, 0.25) is 0 Å². The number of hydrogen-bond donors (Lipinski definition) is 3. The summed E-state index contributed by atoms with van der Waals surface area (Å²) in [5.41, 5.74) is 5.05. The number of piperidine rings is 3. The lowest BCUT2D eigenvalue weighted by molar-refractivity contribution is -0.142. The molecule has 4 aliphatic heterocycles. The van der Waals surface area contributed by atoms with Crippen molar-refractivity contribution in [3.05, 3.63) is 47.5 Å². The molecule has 274 valence electrons. The van der Waals surface area contributed by atoms with Gasteiger partial charge >= 0.3 is 12.1 Å². The number of para-hydroxylation sites is 1. The van der Waals surface area contributed by atoms with Crippen LogP contribution in [-0.4, -0.2) is 136 Å². The number of urea groups is 1. The van der Waals surface area contributed by atoms with Gasteiger partial charge in [0, 0.05) is 50.9 Å². The molecule has 2 aromatic rings. The molecular formula is C37H48B2N6O7. The average Bonchev–Trinajstić information content (AvgIpc) is 3.31. The minimum atomic E-state index is -1.11. The molecule has 13 nitrogen and oxygen atoms in total. The first-order valence-corrected chi connectivity index (χ1v) is 18.4. The van der Waals surface area contributed by atoms with Crippen molar-refractivity contribution in [3.63, 3.8) is 0 Å². The van der Waals surface area contributed by atoms with Gasteiger partial charge in [-0.1, -0.05) is 41.3 Å². The summed E-state index contributed by atoms with van der Waals surface area (Å²) in [5.74, 6) is 0.345. The molecule has 3 N–H and O–H groups in total. The van der Waals surface area contributed by atoms with E-state index in [2.05, 4.69) is 15.7 Å². The molecular weight excluding hydrogens is 662 g/mol. The number of phenolic OH excluding ortho intramolecular Hbond substituents is 1. The summed E-state index contributed by atoms with van der Waals surface area (Å²) in [6.45, 7) is 4.49. The number of amides is 5. The zero-order valence-corrected chi connectivity index (χ0v) is 29.9. The van der Waals surface area contributed by atoms with Gasteiger partial charge in [0.2, 0.25) is 0 Å². The van der Waals surface area contributed by atoms with Gasteiger partial charge in [0.25, 0.3) is 11.8 Å². The summed E-state index contributed by atoms with van der Waals surface area (Å²) in [4.78, 5) is 64.8. The second-order valence-corrected chi connectivity index (χ2v) is 14.5. The molecule has 0 saturated carbocycles. The molecule has 4 heterocycles. The number of nitrogens with zero attached hydrogens (tertiary/aromatic N) is 4. The van der Waals surface area contributed by atoms with Gasteiger partial charge in [0.05, 0.1) is 13.7 Å². The van der Waals surface area contributed by atoms with Crippen molar-refractivity contribution < 1.29 is 33.9 Å². The number of phenols is 1. The molecule has 0 unspecified atom stereocenters. The number of hydroxylamine groups is 1. The Kier molecular flexibility index (Phi) is 12.3. The summed E-state index contributed by atoms with van der Waals surface area (Å²) in [6.07, 6.45) is 3.99. The fraction of sp³-hybridized carbons (Fsp3) is 0.568. The van der Waals surface area contributed by atoms with E-state index in [1.165, 1.54) is 7.11 Å². The molecule has 6 rings (SSSR count). The Hall–Kier alpha value is -4.23. The number of carbonyl (C=O) groups excluding carboxylic acids is 4. The van der Waals surface area contributed by atoms with Crippen LogP contribution in [0.3, 0.4) is 0 Å². The van der Waals surface area contributed by atoms with Gasteiger partial charge in [-0.25, -0.2) is 15.1 Å². The number of carbonyl (C=O) groups is 4. The van der Waals surface area contributed by atoms with E-state index in [9.17, 15) is 24.3 Å². The van der Waals surface area contributed by atoms with Crippen LogP contribution in [0.25, 0.3) is 0 Å². The van der Waals surface area contributed by atoms with Crippen LogP contribution in [-0.2, 0) is 32.0 Å². The molecule has 5 amide bonds. The zero-order chi connectivity index (χ0) is 36.8. The zero-order valence-electron chi connectivity index (χ0n) is 29.9. The lowest BCUT2D eigenvalue weighted by Crippen LogP contribution is -2.52. The van der Waals surface area contributed by atoms with Crippen LogP contribution >= 0.6 is 0 Å². The van der Waals surface area contributed by atoms with E-state index in [0.717, 1.165) is 56.4 Å². The normalized spacial score (nSPS) is 20.1.